The van der Waals surface area contributed by atoms with Crippen LogP contribution in [0.4, 0.5) is 0 Å². The van der Waals surface area contributed by atoms with Crippen molar-refractivity contribution in [3.8, 4) is 0 Å². The summed E-state index contributed by atoms with van der Waals surface area (Å²) in [5.74, 6) is -3.52. The van der Waals surface area contributed by atoms with Gasteiger partial charge in [0.05, 0.1) is 6.42 Å². The number of carboxylic acids is 1. The number of carboxylic acid groups (broad SMARTS) is 1. The van der Waals surface area contributed by atoms with Crippen molar-refractivity contribution >= 4 is 35.2 Å². The van der Waals surface area contributed by atoms with E-state index in [9.17, 15) is 39.0 Å². The lowest BCUT2D eigenvalue weighted by Gasteiger charge is -2.57. The fourth-order valence-corrected chi connectivity index (χ4v) is 8.72. The lowest BCUT2D eigenvalue weighted by molar-refractivity contribution is -0.173. The fourth-order valence-electron chi connectivity index (χ4n) is 8.72. The number of fused-ring (bicyclic) bond motifs is 5. The third-order valence-electron chi connectivity index (χ3n) is 11.1. The van der Waals surface area contributed by atoms with E-state index in [-0.39, 0.29) is 66.8 Å². The zero-order valence-electron chi connectivity index (χ0n) is 25.3. The molecule has 5 rings (SSSR count). The van der Waals surface area contributed by atoms with Crippen molar-refractivity contribution in [1.82, 2.24) is 5.32 Å². The van der Waals surface area contributed by atoms with Gasteiger partial charge in [0.1, 0.15) is 17.4 Å². The van der Waals surface area contributed by atoms with Crippen LogP contribution >= 0.6 is 0 Å². The zero-order chi connectivity index (χ0) is 31.9. The summed E-state index contributed by atoms with van der Waals surface area (Å²) in [7, 11) is 0. The van der Waals surface area contributed by atoms with Gasteiger partial charge in [0.2, 0.25) is 11.7 Å². The van der Waals surface area contributed by atoms with Crippen molar-refractivity contribution in [3.05, 3.63) is 47.5 Å². The number of allylic oxidation sites excluding steroid dienone is 1. The molecule has 3 fully saturated rings. The van der Waals surface area contributed by atoms with Gasteiger partial charge in [-0.25, -0.2) is 4.79 Å². The average molecular weight is 608 g/mol. The summed E-state index contributed by atoms with van der Waals surface area (Å²) in [6.07, 6.45) is 4.39. The highest BCUT2D eigenvalue weighted by atomic mass is 16.5. The molecule has 0 heterocycles. The second kappa shape index (κ2) is 12.0. The topological polar surface area (TPSA) is 164 Å². The number of aliphatic carboxylic acids is 1. The van der Waals surface area contributed by atoms with E-state index in [2.05, 4.69) is 12.2 Å². The molecule has 0 unspecified atom stereocenters. The van der Waals surface area contributed by atoms with E-state index < -0.39 is 47.3 Å². The molecular formula is C34H41NO9. The van der Waals surface area contributed by atoms with Gasteiger partial charge >= 0.3 is 11.9 Å². The van der Waals surface area contributed by atoms with Gasteiger partial charge in [-0.1, -0.05) is 49.8 Å². The number of carbonyl (C=O) groups is 6. The van der Waals surface area contributed by atoms with Crippen LogP contribution in [0, 0.1) is 28.6 Å². The third kappa shape index (κ3) is 5.64. The quantitative estimate of drug-likeness (QED) is 0.339. The molecule has 4 aliphatic carbocycles. The summed E-state index contributed by atoms with van der Waals surface area (Å²) in [5.41, 5.74) is -1.43. The Morgan fingerprint density at radius 3 is 2.45 bits per heavy atom. The van der Waals surface area contributed by atoms with E-state index in [1.54, 1.807) is 43.3 Å². The van der Waals surface area contributed by atoms with Gasteiger partial charge in [-0.3, -0.25) is 24.0 Å². The Morgan fingerprint density at radius 1 is 1.02 bits per heavy atom. The van der Waals surface area contributed by atoms with Crippen LogP contribution in [0.25, 0.3) is 0 Å². The number of carbonyl (C=O) groups excluding carboxylic acids is 5. The van der Waals surface area contributed by atoms with Gasteiger partial charge in [0, 0.05) is 37.0 Å². The van der Waals surface area contributed by atoms with Crippen LogP contribution in [0.15, 0.2) is 42.0 Å². The minimum absolute atomic E-state index is 0.00370. The van der Waals surface area contributed by atoms with Gasteiger partial charge in [-0.15, -0.1) is 0 Å². The fraction of sp³-hybridized carbons (Fsp3) is 0.588. The minimum atomic E-state index is -1.83. The normalized spacial score (nSPS) is 33.2. The third-order valence-corrected chi connectivity index (χ3v) is 11.1. The highest BCUT2D eigenvalue weighted by molar-refractivity contribution is 5.95. The largest absolute Gasteiger partial charge is 0.480 e. The summed E-state index contributed by atoms with van der Waals surface area (Å²) in [6.45, 7) is 3.20. The molecule has 0 bridgehead atoms. The first kappa shape index (κ1) is 31.8. The van der Waals surface area contributed by atoms with E-state index in [1.165, 1.54) is 0 Å². The summed E-state index contributed by atoms with van der Waals surface area (Å²) in [4.78, 5) is 75.7. The molecule has 4 aliphatic rings. The maximum absolute atomic E-state index is 13.8. The molecule has 0 saturated heterocycles. The molecular weight excluding hydrogens is 566 g/mol. The molecule has 7 atom stereocenters. The second-order valence-electron chi connectivity index (χ2n) is 13.5. The summed E-state index contributed by atoms with van der Waals surface area (Å²) < 4.78 is 5.17. The molecule has 10 nitrogen and oxygen atoms in total. The first-order valence-electron chi connectivity index (χ1n) is 15.5. The number of hydrogen-bond donors (Lipinski definition) is 3. The minimum Gasteiger partial charge on any atom is -0.480 e. The van der Waals surface area contributed by atoms with Crippen molar-refractivity contribution in [2.45, 2.75) is 89.7 Å². The SMILES string of the molecule is C[C@]12CCC(=O)C=C1CC[C@H]1[C@H]2C(=O)C[C@@]2(C)[C@@H]1CC[C@]2(O)C(=O)COC(=O)CCC(=O)N[C@H](Cc1ccccc1)C(=O)O. The van der Waals surface area contributed by atoms with Crippen molar-refractivity contribution in [1.29, 1.82) is 0 Å². The van der Waals surface area contributed by atoms with E-state index in [0.29, 0.717) is 19.3 Å². The van der Waals surface area contributed by atoms with Crippen LogP contribution in [0.5, 0.6) is 0 Å². The smallest absolute Gasteiger partial charge is 0.326 e. The Kier molecular flexibility index (Phi) is 8.68. The standard InChI is InChI=1S/C34H41NO9/c1-32-14-12-22(36)17-21(32)8-9-23-24-13-15-34(43,33(24,2)18-26(37)30(23)32)27(38)19-44-29(40)11-10-28(39)35-25(31(41)42)16-20-6-4-3-5-7-20/h3-7,17,23-25,30,43H,8-16,18-19H2,1-2H3,(H,35,39)(H,41,42)/t23-,24-,25-,30+,32+,33+,34+/m1/s1. The van der Waals surface area contributed by atoms with Gasteiger partial charge in [0.25, 0.3) is 0 Å². The predicted molar refractivity (Wildman–Crippen MR) is 157 cm³/mol. The van der Waals surface area contributed by atoms with Gasteiger partial charge < -0.3 is 20.3 Å². The van der Waals surface area contributed by atoms with Gasteiger partial charge in [-0.2, -0.15) is 0 Å². The summed E-state index contributed by atoms with van der Waals surface area (Å²) in [6, 6.07) is 7.67. The van der Waals surface area contributed by atoms with E-state index in [4.69, 9.17) is 4.74 Å². The number of aliphatic hydroxyl groups is 1. The van der Waals surface area contributed by atoms with Gasteiger partial charge in [0.15, 0.2) is 12.4 Å². The number of ether oxygens (including phenoxy) is 1. The van der Waals surface area contributed by atoms with Crippen LogP contribution in [0.3, 0.4) is 0 Å². The van der Waals surface area contributed by atoms with Crippen molar-refractivity contribution in [2.24, 2.45) is 28.6 Å². The second-order valence-corrected chi connectivity index (χ2v) is 13.5. The monoisotopic (exact) mass is 607 g/mol. The van der Waals surface area contributed by atoms with Crippen LogP contribution in [0.2, 0.25) is 0 Å². The maximum Gasteiger partial charge on any atom is 0.326 e. The lowest BCUT2D eigenvalue weighted by atomic mass is 9.46. The zero-order valence-corrected chi connectivity index (χ0v) is 25.3. The van der Waals surface area contributed by atoms with Crippen LogP contribution in [-0.4, -0.2) is 63.7 Å². The molecule has 0 aromatic heterocycles. The first-order valence-corrected chi connectivity index (χ1v) is 15.5. The van der Waals surface area contributed by atoms with Crippen molar-refractivity contribution in [2.75, 3.05) is 6.61 Å². The Hall–Kier alpha value is -3.66. The molecule has 3 N–H and O–H groups in total. The summed E-state index contributed by atoms with van der Waals surface area (Å²) >= 11 is 0. The predicted octanol–water partition coefficient (Wildman–Crippen LogP) is 3.13. The Balaban J connectivity index is 1.16. The number of amides is 1. The molecule has 10 heteroatoms. The van der Waals surface area contributed by atoms with Crippen LogP contribution in [0.1, 0.15) is 77.2 Å². The number of benzene rings is 1. The molecule has 0 spiro atoms. The van der Waals surface area contributed by atoms with Crippen LogP contribution in [-0.2, 0) is 39.9 Å². The number of nitrogens with one attached hydrogen (secondary N) is 1. The highest BCUT2D eigenvalue weighted by Gasteiger charge is 2.68. The van der Waals surface area contributed by atoms with Crippen molar-refractivity contribution in [3.63, 3.8) is 0 Å². The molecule has 1 amide bonds. The molecule has 1 aromatic rings. The molecule has 44 heavy (non-hydrogen) atoms. The molecule has 1 aromatic carbocycles. The summed E-state index contributed by atoms with van der Waals surface area (Å²) in [5, 5.41) is 23.7. The highest BCUT2D eigenvalue weighted by Crippen LogP contribution is 2.66. The van der Waals surface area contributed by atoms with Gasteiger partial charge in [-0.05, 0) is 61.0 Å². The van der Waals surface area contributed by atoms with E-state index >= 15 is 0 Å². The number of Topliss-reactive ketones (excluding diaryl/α,β-unsaturated/α-hetero) is 2. The van der Waals surface area contributed by atoms with Crippen LogP contribution < -0.4 is 5.32 Å². The number of hydrogen-bond acceptors (Lipinski definition) is 8. The molecule has 0 radical (unpaired) electrons. The number of ketones is 3. The first-order chi connectivity index (χ1) is 20.8. The Morgan fingerprint density at radius 2 is 1.75 bits per heavy atom. The van der Waals surface area contributed by atoms with E-state index in [0.717, 1.165) is 24.0 Å². The Labute approximate surface area is 256 Å². The number of rotatable bonds is 10. The maximum atomic E-state index is 13.8. The lowest BCUT2D eigenvalue weighted by Crippen LogP contribution is -2.61. The van der Waals surface area contributed by atoms with Crippen molar-refractivity contribution < 1.29 is 43.7 Å². The molecule has 3 saturated carbocycles. The molecule has 236 valence electrons. The number of esters is 1. The molecule has 0 aliphatic heterocycles. The Bertz CT molecular complexity index is 1400. The average Bonchev–Trinajstić information content (AvgIpc) is 3.25. The van der Waals surface area contributed by atoms with E-state index in [1.807, 2.05) is 0 Å².